The van der Waals surface area contributed by atoms with E-state index in [1.54, 1.807) is 0 Å². The summed E-state index contributed by atoms with van der Waals surface area (Å²) in [5.41, 5.74) is 4.22. The Morgan fingerprint density at radius 3 is 2.64 bits per heavy atom. The van der Waals surface area contributed by atoms with Crippen molar-refractivity contribution >= 4 is 17.2 Å². The summed E-state index contributed by atoms with van der Waals surface area (Å²) >= 11 is 0. The molecule has 1 N–H and O–H groups in total. The van der Waals surface area contributed by atoms with Crippen molar-refractivity contribution in [3.05, 3.63) is 65.6 Å². The zero-order valence-electron chi connectivity index (χ0n) is 12.8. The molecule has 22 heavy (non-hydrogen) atoms. The summed E-state index contributed by atoms with van der Waals surface area (Å²) in [6.07, 6.45) is 3.48. The Hall–Kier alpha value is -2.62. The van der Waals surface area contributed by atoms with E-state index in [0.29, 0.717) is 5.69 Å². The lowest BCUT2D eigenvalue weighted by atomic mass is 10.1. The van der Waals surface area contributed by atoms with Gasteiger partial charge in [0, 0.05) is 11.9 Å². The predicted octanol–water partition coefficient (Wildman–Crippen LogP) is 3.71. The number of imidazole rings is 1. The van der Waals surface area contributed by atoms with Gasteiger partial charge < -0.3 is 5.32 Å². The number of benzene rings is 1. The fourth-order valence-electron chi connectivity index (χ4n) is 2.66. The van der Waals surface area contributed by atoms with Gasteiger partial charge in [0.15, 0.2) is 0 Å². The smallest absolute Gasteiger partial charge is 0.274 e. The Kier molecular flexibility index (Phi) is 3.92. The highest BCUT2D eigenvalue weighted by molar-refractivity contribution is 6.04. The highest BCUT2D eigenvalue weighted by atomic mass is 16.2. The molecule has 0 unspecified atom stereocenters. The maximum atomic E-state index is 12.8. The molecule has 0 atom stereocenters. The van der Waals surface area contributed by atoms with Gasteiger partial charge in [0.25, 0.3) is 5.91 Å². The molecule has 112 valence electrons. The van der Waals surface area contributed by atoms with Crippen molar-refractivity contribution in [3.63, 3.8) is 0 Å². The molecule has 2 heterocycles. The number of hydrogen-bond acceptors (Lipinski definition) is 2. The van der Waals surface area contributed by atoms with E-state index >= 15 is 0 Å². The number of anilines is 1. The molecule has 4 nitrogen and oxygen atoms in total. The first-order valence-electron chi connectivity index (χ1n) is 7.59. The van der Waals surface area contributed by atoms with Crippen LogP contribution in [0.15, 0.2) is 48.7 Å². The van der Waals surface area contributed by atoms with Gasteiger partial charge in [-0.15, -0.1) is 0 Å². The first-order valence-corrected chi connectivity index (χ1v) is 7.59. The third kappa shape index (κ3) is 2.48. The quantitative estimate of drug-likeness (QED) is 0.797. The maximum absolute atomic E-state index is 12.8. The van der Waals surface area contributed by atoms with Gasteiger partial charge >= 0.3 is 0 Å². The van der Waals surface area contributed by atoms with Crippen LogP contribution in [0.25, 0.3) is 5.65 Å². The average molecular weight is 293 g/mol. The summed E-state index contributed by atoms with van der Waals surface area (Å²) < 4.78 is 1.85. The highest BCUT2D eigenvalue weighted by Crippen LogP contribution is 2.19. The summed E-state index contributed by atoms with van der Waals surface area (Å²) in [4.78, 5) is 17.3. The van der Waals surface area contributed by atoms with Crippen molar-refractivity contribution < 1.29 is 4.79 Å². The molecule has 3 aromatic rings. The van der Waals surface area contributed by atoms with E-state index in [0.717, 1.165) is 35.4 Å². The second kappa shape index (κ2) is 6.02. The lowest BCUT2D eigenvalue weighted by molar-refractivity contribution is 0.102. The number of para-hydroxylation sites is 1. The van der Waals surface area contributed by atoms with E-state index < -0.39 is 0 Å². The fourth-order valence-corrected chi connectivity index (χ4v) is 2.66. The molecule has 2 aromatic heterocycles. The number of rotatable bonds is 4. The SMILES string of the molecule is CCc1ccccc1NC(=O)c1c(CC)nc2ccccn12. The summed E-state index contributed by atoms with van der Waals surface area (Å²) in [6, 6.07) is 13.6. The van der Waals surface area contributed by atoms with E-state index in [1.165, 1.54) is 0 Å². The molecule has 0 saturated heterocycles. The number of aromatic nitrogens is 2. The van der Waals surface area contributed by atoms with E-state index in [2.05, 4.69) is 17.2 Å². The van der Waals surface area contributed by atoms with E-state index in [-0.39, 0.29) is 5.91 Å². The molecule has 1 amide bonds. The number of aryl methyl sites for hydroxylation is 2. The van der Waals surface area contributed by atoms with Gasteiger partial charge in [0.05, 0.1) is 5.69 Å². The van der Waals surface area contributed by atoms with Crippen LogP contribution in [0.2, 0.25) is 0 Å². The first-order chi connectivity index (χ1) is 10.7. The van der Waals surface area contributed by atoms with Crippen molar-refractivity contribution in [1.29, 1.82) is 0 Å². The van der Waals surface area contributed by atoms with Crippen LogP contribution in [-0.4, -0.2) is 15.3 Å². The molecule has 4 heteroatoms. The van der Waals surface area contributed by atoms with Gasteiger partial charge in [-0.1, -0.05) is 38.1 Å². The van der Waals surface area contributed by atoms with Gasteiger partial charge in [0.1, 0.15) is 11.3 Å². The summed E-state index contributed by atoms with van der Waals surface area (Å²) in [7, 11) is 0. The van der Waals surface area contributed by atoms with Crippen LogP contribution >= 0.6 is 0 Å². The lowest BCUT2D eigenvalue weighted by Crippen LogP contribution is -2.17. The standard InChI is InChI=1S/C18H19N3O/c1-3-13-9-5-6-10-15(13)20-18(22)17-14(4-2)19-16-11-7-8-12-21(16)17/h5-12H,3-4H2,1-2H3,(H,20,22). The van der Waals surface area contributed by atoms with Crippen LogP contribution in [0.4, 0.5) is 5.69 Å². The first kappa shape index (κ1) is 14.3. The van der Waals surface area contributed by atoms with Crippen LogP contribution in [-0.2, 0) is 12.8 Å². The van der Waals surface area contributed by atoms with Crippen LogP contribution in [0.1, 0.15) is 35.6 Å². The second-order valence-corrected chi connectivity index (χ2v) is 5.15. The Morgan fingerprint density at radius 2 is 1.86 bits per heavy atom. The number of carbonyl (C=O) groups excluding carboxylic acids is 1. The van der Waals surface area contributed by atoms with Gasteiger partial charge in [-0.2, -0.15) is 0 Å². The Balaban J connectivity index is 2.02. The molecule has 0 bridgehead atoms. The Morgan fingerprint density at radius 1 is 1.09 bits per heavy atom. The largest absolute Gasteiger partial charge is 0.320 e. The number of pyridine rings is 1. The molecule has 0 aliphatic carbocycles. The zero-order chi connectivity index (χ0) is 15.5. The molecule has 0 saturated carbocycles. The van der Waals surface area contributed by atoms with E-state index in [9.17, 15) is 4.79 Å². The monoisotopic (exact) mass is 293 g/mol. The normalized spacial score (nSPS) is 10.8. The molecule has 0 aliphatic heterocycles. The second-order valence-electron chi connectivity index (χ2n) is 5.15. The van der Waals surface area contributed by atoms with E-state index in [4.69, 9.17) is 0 Å². The Labute approximate surface area is 129 Å². The van der Waals surface area contributed by atoms with Crippen molar-refractivity contribution in [2.45, 2.75) is 26.7 Å². The van der Waals surface area contributed by atoms with Crippen LogP contribution in [0.5, 0.6) is 0 Å². The zero-order valence-corrected chi connectivity index (χ0v) is 12.8. The summed E-state index contributed by atoms with van der Waals surface area (Å²) in [5, 5.41) is 3.03. The minimum absolute atomic E-state index is 0.114. The van der Waals surface area contributed by atoms with Crippen molar-refractivity contribution in [1.82, 2.24) is 9.38 Å². The highest BCUT2D eigenvalue weighted by Gasteiger charge is 2.18. The third-order valence-electron chi connectivity index (χ3n) is 3.80. The fraction of sp³-hybridized carbons (Fsp3) is 0.222. The lowest BCUT2D eigenvalue weighted by Gasteiger charge is -2.10. The molecule has 0 aliphatic rings. The Bertz CT molecular complexity index is 820. The molecule has 1 aromatic carbocycles. The molecular formula is C18H19N3O. The maximum Gasteiger partial charge on any atom is 0.274 e. The van der Waals surface area contributed by atoms with Gasteiger partial charge in [0.2, 0.25) is 0 Å². The number of hydrogen-bond donors (Lipinski definition) is 1. The average Bonchev–Trinajstić information content (AvgIpc) is 2.94. The minimum Gasteiger partial charge on any atom is -0.320 e. The number of fused-ring (bicyclic) bond motifs is 1. The predicted molar refractivity (Wildman–Crippen MR) is 88.3 cm³/mol. The third-order valence-corrected chi connectivity index (χ3v) is 3.80. The van der Waals surface area contributed by atoms with Gasteiger partial charge in [-0.25, -0.2) is 4.98 Å². The topological polar surface area (TPSA) is 46.4 Å². The number of carbonyl (C=O) groups is 1. The van der Waals surface area contributed by atoms with Crippen molar-refractivity contribution in [3.8, 4) is 0 Å². The number of amides is 1. The number of nitrogens with zero attached hydrogens (tertiary/aromatic N) is 2. The minimum atomic E-state index is -0.114. The van der Waals surface area contributed by atoms with E-state index in [1.807, 2.05) is 60.0 Å². The van der Waals surface area contributed by atoms with Crippen molar-refractivity contribution in [2.75, 3.05) is 5.32 Å². The van der Waals surface area contributed by atoms with Crippen LogP contribution in [0, 0.1) is 0 Å². The van der Waals surface area contributed by atoms with Gasteiger partial charge in [-0.05, 0) is 36.6 Å². The molecular weight excluding hydrogens is 274 g/mol. The van der Waals surface area contributed by atoms with Crippen LogP contribution in [0.3, 0.4) is 0 Å². The summed E-state index contributed by atoms with van der Waals surface area (Å²) in [6.45, 7) is 4.09. The van der Waals surface area contributed by atoms with Crippen LogP contribution < -0.4 is 5.32 Å². The molecule has 0 fully saturated rings. The molecule has 3 rings (SSSR count). The van der Waals surface area contributed by atoms with Crippen molar-refractivity contribution in [2.24, 2.45) is 0 Å². The molecule has 0 radical (unpaired) electrons. The summed E-state index contributed by atoms with van der Waals surface area (Å²) in [5.74, 6) is -0.114. The number of nitrogens with one attached hydrogen (secondary N) is 1. The molecule has 0 spiro atoms. The van der Waals surface area contributed by atoms with Gasteiger partial charge in [-0.3, -0.25) is 9.20 Å².